The average Bonchev–Trinajstić information content (AvgIpc) is 2.38. The Labute approximate surface area is 108 Å². The lowest BCUT2D eigenvalue weighted by molar-refractivity contribution is 0.0687. The summed E-state index contributed by atoms with van der Waals surface area (Å²) in [5.41, 5.74) is 1.36. The Morgan fingerprint density at radius 3 is 2.56 bits per heavy atom. The van der Waals surface area contributed by atoms with Crippen molar-refractivity contribution in [3.05, 3.63) is 60.2 Å². The first kappa shape index (κ1) is 12.7. The number of rotatable bonds is 3. The van der Waals surface area contributed by atoms with Crippen molar-refractivity contribution in [1.29, 1.82) is 0 Å². The molecule has 1 aromatic rings. The van der Waals surface area contributed by atoms with Crippen LogP contribution >= 0.6 is 0 Å². The first-order chi connectivity index (χ1) is 8.59. The fourth-order valence-corrected chi connectivity index (χ4v) is 2.20. The van der Waals surface area contributed by atoms with Crippen LogP contribution < -0.4 is 4.90 Å². The predicted octanol–water partition coefficient (Wildman–Crippen LogP) is 2.81. The third kappa shape index (κ3) is 2.14. The molecule has 1 aliphatic rings. The van der Waals surface area contributed by atoms with Crippen molar-refractivity contribution in [2.75, 3.05) is 26.1 Å². The van der Waals surface area contributed by atoms with E-state index in [2.05, 4.69) is 0 Å². The van der Waals surface area contributed by atoms with Crippen LogP contribution in [-0.4, -0.2) is 26.3 Å². The topological polar surface area (TPSA) is 32.7 Å². The van der Waals surface area contributed by atoms with E-state index in [1.165, 1.54) is 0 Å². The standard InChI is InChI=1S/C15H18NO2/c1-16(2)14-9-5-4-8-13(14)15(18-3)10-6-7-12(17)11-15/h4-11,17H,1-3H3. The maximum Gasteiger partial charge on any atom is 0.135 e. The molecule has 1 radical (unpaired) electrons. The van der Waals surface area contributed by atoms with E-state index in [0.29, 0.717) is 0 Å². The molecule has 0 bridgehead atoms. The highest BCUT2D eigenvalue weighted by Crippen LogP contribution is 2.37. The second-order valence-electron chi connectivity index (χ2n) is 4.50. The van der Waals surface area contributed by atoms with E-state index in [4.69, 9.17) is 4.74 Å². The molecule has 2 rings (SSSR count). The van der Waals surface area contributed by atoms with Gasteiger partial charge in [-0.2, -0.15) is 0 Å². The van der Waals surface area contributed by atoms with E-state index < -0.39 is 5.60 Å². The van der Waals surface area contributed by atoms with Crippen molar-refractivity contribution in [2.24, 2.45) is 0 Å². The predicted molar refractivity (Wildman–Crippen MR) is 73.6 cm³/mol. The maximum absolute atomic E-state index is 9.73. The summed E-state index contributed by atoms with van der Waals surface area (Å²) in [7, 11) is 5.63. The third-order valence-corrected chi connectivity index (χ3v) is 3.12. The highest BCUT2D eigenvalue weighted by atomic mass is 16.5. The van der Waals surface area contributed by atoms with Crippen LogP contribution in [0.4, 0.5) is 5.69 Å². The van der Waals surface area contributed by atoms with Crippen LogP contribution in [0.25, 0.3) is 0 Å². The van der Waals surface area contributed by atoms with Crippen molar-refractivity contribution in [1.82, 2.24) is 0 Å². The van der Waals surface area contributed by atoms with Gasteiger partial charge in [0.2, 0.25) is 0 Å². The Bertz CT molecular complexity index is 491. The van der Waals surface area contributed by atoms with Gasteiger partial charge in [-0.1, -0.05) is 24.3 Å². The van der Waals surface area contributed by atoms with E-state index in [1.54, 1.807) is 19.6 Å². The first-order valence-electron chi connectivity index (χ1n) is 5.85. The minimum atomic E-state index is -0.709. The first-order valence-corrected chi connectivity index (χ1v) is 5.85. The highest BCUT2D eigenvalue weighted by Gasteiger charge is 2.32. The fourth-order valence-electron chi connectivity index (χ4n) is 2.20. The van der Waals surface area contributed by atoms with Gasteiger partial charge < -0.3 is 14.7 Å². The van der Waals surface area contributed by atoms with Crippen LogP contribution in [0, 0.1) is 6.42 Å². The number of hydrogen-bond acceptors (Lipinski definition) is 3. The lowest BCUT2D eigenvalue weighted by Crippen LogP contribution is -2.28. The molecule has 0 aliphatic heterocycles. The number of para-hydroxylation sites is 1. The molecule has 0 spiro atoms. The van der Waals surface area contributed by atoms with Crippen LogP contribution in [0.2, 0.25) is 0 Å². The molecule has 0 aromatic heterocycles. The van der Waals surface area contributed by atoms with Gasteiger partial charge in [-0.15, -0.1) is 0 Å². The Balaban J connectivity index is 2.58. The van der Waals surface area contributed by atoms with E-state index in [9.17, 15) is 5.11 Å². The largest absolute Gasteiger partial charge is 0.512 e. The zero-order chi connectivity index (χ0) is 13.2. The highest BCUT2D eigenvalue weighted by molar-refractivity contribution is 5.59. The van der Waals surface area contributed by atoms with Gasteiger partial charge in [0.15, 0.2) is 0 Å². The van der Waals surface area contributed by atoms with Crippen LogP contribution in [0.1, 0.15) is 5.56 Å². The molecule has 0 saturated carbocycles. The zero-order valence-corrected chi connectivity index (χ0v) is 10.9. The molecular formula is C15H18NO2. The summed E-state index contributed by atoms with van der Waals surface area (Å²) >= 11 is 0. The van der Waals surface area contributed by atoms with E-state index in [1.807, 2.05) is 55.4 Å². The number of benzene rings is 1. The number of aliphatic hydroxyl groups is 1. The number of methoxy groups -OCH3 is 1. The Morgan fingerprint density at radius 1 is 1.22 bits per heavy atom. The number of anilines is 1. The van der Waals surface area contributed by atoms with Crippen molar-refractivity contribution >= 4 is 5.69 Å². The van der Waals surface area contributed by atoms with Crippen molar-refractivity contribution in [2.45, 2.75) is 5.60 Å². The van der Waals surface area contributed by atoms with Crippen LogP contribution in [0.3, 0.4) is 0 Å². The molecule has 18 heavy (non-hydrogen) atoms. The second kappa shape index (κ2) is 4.86. The summed E-state index contributed by atoms with van der Waals surface area (Å²) in [5.74, 6) is 0.216. The van der Waals surface area contributed by atoms with Crippen molar-refractivity contribution in [3.63, 3.8) is 0 Å². The van der Waals surface area contributed by atoms with Crippen molar-refractivity contribution in [3.8, 4) is 0 Å². The van der Waals surface area contributed by atoms with Crippen LogP contribution in [0.15, 0.2) is 48.3 Å². The summed E-state index contributed by atoms with van der Waals surface area (Å²) in [6.07, 6.45) is 7.12. The quantitative estimate of drug-likeness (QED) is 0.887. The number of aliphatic hydroxyl groups excluding tert-OH is 1. The van der Waals surface area contributed by atoms with Gasteiger partial charge in [0, 0.05) is 38.9 Å². The second-order valence-corrected chi connectivity index (χ2v) is 4.50. The minimum Gasteiger partial charge on any atom is -0.512 e. The summed E-state index contributed by atoms with van der Waals surface area (Å²) in [6.45, 7) is 0. The number of ether oxygens (including phenoxy) is 1. The molecule has 1 atom stereocenters. The van der Waals surface area contributed by atoms with Crippen LogP contribution in [0.5, 0.6) is 0 Å². The molecule has 0 fully saturated rings. The van der Waals surface area contributed by atoms with Gasteiger partial charge in [0.1, 0.15) is 5.60 Å². The van der Waals surface area contributed by atoms with E-state index in [-0.39, 0.29) is 5.76 Å². The van der Waals surface area contributed by atoms with E-state index >= 15 is 0 Å². The molecule has 3 heteroatoms. The molecule has 0 saturated heterocycles. The lowest BCUT2D eigenvalue weighted by atomic mass is 9.87. The number of allylic oxidation sites excluding steroid dienone is 1. The third-order valence-electron chi connectivity index (χ3n) is 3.12. The average molecular weight is 244 g/mol. The molecule has 1 unspecified atom stereocenters. The fraction of sp³-hybridized carbons (Fsp3) is 0.267. The van der Waals surface area contributed by atoms with Gasteiger partial charge in [0.05, 0.1) is 5.76 Å². The summed E-state index contributed by atoms with van der Waals surface area (Å²) in [6, 6.07) is 8.01. The molecule has 1 N–H and O–H groups in total. The number of hydrogen-bond donors (Lipinski definition) is 1. The summed E-state index contributed by atoms with van der Waals surface area (Å²) in [4.78, 5) is 2.03. The number of nitrogens with zero attached hydrogens (tertiary/aromatic N) is 1. The van der Waals surface area contributed by atoms with Crippen LogP contribution in [-0.2, 0) is 10.3 Å². The van der Waals surface area contributed by atoms with Crippen molar-refractivity contribution < 1.29 is 9.84 Å². The molecule has 95 valence electrons. The maximum atomic E-state index is 9.73. The lowest BCUT2D eigenvalue weighted by Gasteiger charge is -2.32. The smallest absolute Gasteiger partial charge is 0.135 e. The molecule has 0 amide bonds. The molecule has 0 heterocycles. The summed E-state index contributed by atoms with van der Waals surface area (Å²) in [5, 5.41) is 9.73. The van der Waals surface area contributed by atoms with Gasteiger partial charge in [-0.25, -0.2) is 0 Å². The minimum absolute atomic E-state index is 0.216. The Kier molecular flexibility index (Phi) is 3.43. The van der Waals surface area contributed by atoms with Gasteiger partial charge >= 0.3 is 0 Å². The van der Waals surface area contributed by atoms with Gasteiger partial charge in [-0.3, -0.25) is 0 Å². The normalized spacial score (nSPS) is 22.7. The Hall–Kier alpha value is -1.74. The molecule has 1 aromatic carbocycles. The molecule has 1 aliphatic carbocycles. The van der Waals surface area contributed by atoms with Gasteiger partial charge in [0.25, 0.3) is 0 Å². The SMILES string of the molecule is COC1(c2ccccc2N(C)C)C=C[CH]C(O)=C1. The zero-order valence-electron chi connectivity index (χ0n) is 10.9. The molecule has 3 nitrogen and oxygen atoms in total. The summed E-state index contributed by atoms with van der Waals surface area (Å²) < 4.78 is 5.66. The Morgan fingerprint density at radius 2 is 1.94 bits per heavy atom. The monoisotopic (exact) mass is 244 g/mol. The van der Waals surface area contributed by atoms with Gasteiger partial charge in [-0.05, 0) is 18.2 Å². The van der Waals surface area contributed by atoms with E-state index in [0.717, 1.165) is 11.3 Å². The molecular weight excluding hydrogens is 226 g/mol.